The van der Waals surface area contributed by atoms with E-state index < -0.39 is 5.97 Å². The number of nitrogens with zero attached hydrogens (tertiary/aromatic N) is 1. The molecule has 1 aromatic rings. The Morgan fingerprint density at radius 1 is 1.32 bits per heavy atom. The van der Waals surface area contributed by atoms with E-state index in [9.17, 15) is 14.4 Å². The molecule has 0 aromatic carbocycles. The SMILES string of the molecule is Cc1c(C(=O)N(CCC(=O)O)C(C)C)[nH]c2c1C(=O)CCC2. The summed E-state index contributed by atoms with van der Waals surface area (Å²) in [5.41, 5.74) is 2.58. The third kappa shape index (κ3) is 3.05. The van der Waals surface area contributed by atoms with Crippen LogP contribution in [0.2, 0.25) is 0 Å². The van der Waals surface area contributed by atoms with Crippen LogP contribution in [-0.2, 0) is 11.2 Å². The first-order valence-corrected chi connectivity index (χ1v) is 7.60. The smallest absolute Gasteiger partial charge is 0.305 e. The summed E-state index contributed by atoms with van der Waals surface area (Å²) in [6.45, 7) is 5.64. The van der Waals surface area contributed by atoms with Crippen molar-refractivity contribution in [1.29, 1.82) is 0 Å². The fourth-order valence-corrected chi connectivity index (χ4v) is 2.94. The molecule has 1 aromatic heterocycles. The van der Waals surface area contributed by atoms with Gasteiger partial charge in [0.25, 0.3) is 5.91 Å². The molecule has 0 bridgehead atoms. The third-order valence-corrected chi connectivity index (χ3v) is 4.10. The van der Waals surface area contributed by atoms with Gasteiger partial charge in [-0.2, -0.15) is 0 Å². The molecule has 0 radical (unpaired) electrons. The minimum absolute atomic E-state index is 0.0793. The van der Waals surface area contributed by atoms with E-state index in [1.165, 1.54) is 4.90 Å². The zero-order chi connectivity index (χ0) is 16.4. The molecule has 1 aliphatic carbocycles. The number of aromatic amines is 1. The molecule has 6 heteroatoms. The van der Waals surface area contributed by atoms with Crippen molar-refractivity contribution >= 4 is 17.7 Å². The van der Waals surface area contributed by atoms with Gasteiger partial charge in [0.05, 0.1) is 6.42 Å². The first-order valence-electron chi connectivity index (χ1n) is 7.60. The number of Topliss-reactive ketones (excluding diaryl/α,β-unsaturated/α-hetero) is 1. The number of carboxylic acids is 1. The molecule has 0 saturated heterocycles. The number of aromatic nitrogens is 1. The molecule has 1 aliphatic rings. The predicted octanol–water partition coefficient (Wildman–Crippen LogP) is 2.17. The lowest BCUT2D eigenvalue weighted by molar-refractivity contribution is -0.137. The minimum atomic E-state index is -0.934. The van der Waals surface area contributed by atoms with Crippen LogP contribution in [0.3, 0.4) is 0 Å². The van der Waals surface area contributed by atoms with E-state index in [-0.39, 0.29) is 30.7 Å². The summed E-state index contributed by atoms with van der Waals surface area (Å²) in [6, 6.07) is -0.109. The molecule has 1 heterocycles. The molecule has 0 atom stereocenters. The number of hydrogen-bond donors (Lipinski definition) is 2. The van der Waals surface area contributed by atoms with Crippen LogP contribution >= 0.6 is 0 Å². The van der Waals surface area contributed by atoms with E-state index in [1.807, 2.05) is 13.8 Å². The highest BCUT2D eigenvalue weighted by molar-refractivity contribution is 6.04. The van der Waals surface area contributed by atoms with Crippen molar-refractivity contribution in [3.05, 3.63) is 22.5 Å². The molecule has 2 rings (SSSR count). The number of carboxylic acid groups (broad SMARTS) is 1. The van der Waals surface area contributed by atoms with Crippen molar-refractivity contribution in [2.45, 2.75) is 52.5 Å². The fraction of sp³-hybridized carbons (Fsp3) is 0.562. The van der Waals surface area contributed by atoms with E-state index in [4.69, 9.17) is 5.11 Å². The average molecular weight is 306 g/mol. The maximum Gasteiger partial charge on any atom is 0.305 e. The Bertz CT molecular complexity index is 616. The number of aryl methyl sites for hydroxylation is 1. The summed E-state index contributed by atoms with van der Waals surface area (Å²) in [6.07, 6.45) is 1.99. The van der Waals surface area contributed by atoms with Crippen LogP contribution in [0, 0.1) is 6.92 Å². The molecule has 22 heavy (non-hydrogen) atoms. The number of fused-ring (bicyclic) bond motifs is 1. The lowest BCUT2D eigenvalue weighted by Crippen LogP contribution is -2.39. The third-order valence-electron chi connectivity index (χ3n) is 4.10. The molecule has 0 fully saturated rings. The molecule has 0 saturated carbocycles. The Balaban J connectivity index is 2.31. The van der Waals surface area contributed by atoms with Gasteiger partial charge in [-0.15, -0.1) is 0 Å². The van der Waals surface area contributed by atoms with Gasteiger partial charge < -0.3 is 15.0 Å². The van der Waals surface area contributed by atoms with Crippen LogP contribution in [-0.4, -0.2) is 45.2 Å². The second kappa shape index (κ2) is 6.34. The minimum Gasteiger partial charge on any atom is -0.481 e. The Morgan fingerprint density at radius 3 is 2.55 bits per heavy atom. The monoisotopic (exact) mass is 306 g/mol. The quantitative estimate of drug-likeness (QED) is 0.872. The topological polar surface area (TPSA) is 90.5 Å². The van der Waals surface area contributed by atoms with Crippen LogP contribution in [0.5, 0.6) is 0 Å². The lowest BCUT2D eigenvalue weighted by Gasteiger charge is -2.26. The van der Waals surface area contributed by atoms with E-state index in [1.54, 1.807) is 6.92 Å². The zero-order valence-electron chi connectivity index (χ0n) is 13.2. The second-order valence-corrected chi connectivity index (χ2v) is 5.99. The Morgan fingerprint density at radius 2 is 2.00 bits per heavy atom. The predicted molar refractivity (Wildman–Crippen MR) is 81.2 cm³/mol. The second-order valence-electron chi connectivity index (χ2n) is 5.99. The highest BCUT2D eigenvalue weighted by Crippen LogP contribution is 2.27. The Hall–Kier alpha value is -2.11. The summed E-state index contributed by atoms with van der Waals surface area (Å²) in [5.74, 6) is -1.09. The largest absolute Gasteiger partial charge is 0.481 e. The van der Waals surface area contributed by atoms with Crippen molar-refractivity contribution in [1.82, 2.24) is 9.88 Å². The maximum absolute atomic E-state index is 12.7. The van der Waals surface area contributed by atoms with Crippen molar-refractivity contribution < 1.29 is 19.5 Å². The van der Waals surface area contributed by atoms with Gasteiger partial charge in [0.1, 0.15) is 5.69 Å². The van der Waals surface area contributed by atoms with Crippen molar-refractivity contribution in [3.8, 4) is 0 Å². The molecule has 0 aliphatic heterocycles. The number of aliphatic carboxylic acids is 1. The number of carbonyl (C=O) groups excluding carboxylic acids is 2. The first-order chi connectivity index (χ1) is 10.3. The summed E-state index contributed by atoms with van der Waals surface area (Å²) >= 11 is 0. The normalized spacial score (nSPS) is 14.1. The zero-order valence-corrected chi connectivity index (χ0v) is 13.2. The number of hydrogen-bond acceptors (Lipinski definition) is 3. The number of amides is 1. The van der Waals surface area contributed by atoms with Crippen LogP contribution in [0.1, 0.15) is 65.2 Å². The summed E-state index contributed by atoms with van der Waals surface area (Å²) < 4.78 is 0. The van der Waals surface area contributed by atoms with E-state index in [0.717, 1.165) is 18.5 Å². The van der Waals surface area contributed by atoms with E-state index in [2.05, 4.69) is 4.98 Å². The number of nitrogens with one attached hydrogen (secondary N) is 1. The molecule has 6 nitrogen and oxygen atoms in total. The number of ketones is 1. The molecule has 0 spiro atoms. The van der Waals surface area contributed by atoms with Gasteiger partial charge >= 0.3 is 5.97 Å². The van der Waals surface area contributed by atoms with Crippen molar-refractivity contribution in [3.63, 3.8) is 0 Å². The summed E-state index contributed by atoms with van der Waals surface area (Å²) in [5, 5.41) is 8.83. The maximum atomic E-state index is 12.7. The molecule has 120 valence electrons. The van der Waals surface area contributed by atoms with E-state index in [0.29, 0.717) is 23.2 Å². The first kappa shape index (κ1) is 16.3. The molecule has 2 N–H and O–H groups in total. The average Bonchev–Trinajstić information content (AvgIpc) is 2.76. The molecule has 0 unspecified atom stereocenters. The van der Waals surface area contributed by atoms with Crippen molar-refractivity contribution in [2.24, 2.45) is 0 Å². The van der Waals surface area contributed by atoms with E-state index >= 15 is 0 Å². The van der Waals surface area contributed by atoms with Gasteiger partial charge in [0.2, 0.25) is 0 Å². The Kier molecular flexibility index (Phi) is 4.68. The molecular formula is C16H22N2O4. The van der Waals surface area contributed by atoms with Gasteiger partial charge in [0, 0.05) is 30.3 Å². The lowest BCUT2D eigenvalue weighted by atomic mass is 9.93. The van der Waals surface area contributed by atoms with Crippen LogP contribution < -0.4 is 0 Å². The van der Waals surface area contributed by atoms with Gasteiger partial charge in [-0.05, 0) is 39.2 Å². The van der Waals surface area contributed by atoms with Gasteiger partial charge in [0.15, 0.2) is 5.78 Å². The highest BCUT2D eigenvalue weighted by atomic mass is 16.4. The molecular weight excluding hydrogens is 284 g/mol. The summed E-state index contributed by atoms with van der Waals surface area (Å²) in [7, 11) is 0. The van der Waals surface area contributed by atoms with Gasteiger partial charge in [-0.25, -0.2) is 0 Å². The van der Waals surface area contributed by atoms with Gasteiger partial charge in [-0.3, -0.25) is 14.4 Å². The summed E-state index contributed by atoms with van der Waals surface area (Å²) in [4.78, 5) is 40.2. The highest BCUT2D eigenvalue weighted by Gasteiger charge is 2.29. The fourth-order valence-electron chi connectivity index (χ4n) is 2.94. The van der Waals surface area contributed by atoms with Crippen molar-refractivity contribution in [2.75, 3.05) is 6.54 Å². The van der Waals surface area contributed by atoms with Gasteiger partial charge in [-0.1, -0.05) is 0 Å². The number of H-pyrrole nitrogens is 1. The van der Waals surface area contributed by atoms with Crippen LogP contribution in [0.15, 0.2) is 0 Å². The standard InChI is InChI=1S/C16H22N2O4/c1-9(2)18(8-7-13(20)21)16(22)15-10(3)14-11(17-15)5-4-6-12(14)19/h9,17H,4-8H2,1-3H3,(H,20,21). The van der Waals surface area contributed by atoms with Crippen LogP contribution in [0.25, 0.3) is 0 Å². The number of rotatable bonds is 5. The molecule has 1 amide bonds. The van der Waals surface area contributed by atoms with Crippen LogP contribution in [0.4, 0.5) is 0 Å². The number of carbonyl (C=O) groups is 3. The Labute approximate surface area is 129 Å².